The van der Waals surface area contributed by atoms with E-state index in [-0.39, 0.29) is 35.5 Å². The first kappa shape index (κ1) is 29.6. The topological polar surface area (TPSA) is 124 Å². The summed E-state index contributed by atoms with van der Waals surface area (Å²) in [6.07, 6.45) is 3.61. The Balaban J connectivity index is 1.83. The number of aryl methyl sites for hydroxylation is 1. The Bertz CT molecular complexity index is 1020. The van der Waals surface area contributed by atoms with Gasteiger partial charge in [-0.2, -0.15) is 4.37 Å². The highest BCUT2D eigenvalue weighted by molar-refractivity contribution is 7.11. The molecule has 0 saturated heterocycles. The molecule has 2 heterocycles. The summed E-state index contributed by atoms with van der Waals surface area (Å²) in [5.41, 5.74) is 0.920. The quantitative estimate of drug-likeness (QED) is 0.254. The van der Waals surface area contributed by atoms with E-state index < -0.39 is 5.91 Å². The molecular weight excluding hydrogens is 504 g/mol. The number of hydrogen-bond donors (Lipinski definition) is 4. The lowest BCUT2D eigenvalue weighted by molar-refractivity contribution is -0.120. The fraction of sp³-hybridized carbons (Fsp3) is 0.565. The summed E-state index contributed by atoms with van der Waals surface area (Å²) >= 11 is 7.49. The van der Waals surface area contributed by atoms with Crippen molar-refractivity contribution < 1.29 is 14.4 Å². The minimum absolute atomic E-state index is 0.111. The average Bonchev–Trinajstić information content (AvgIpc) is 3.35. The Morgan fingerprint density at radius 3 is 2.33 bits per heavy atom. The zero-order chi connectivity index (χ0) is 26.7. The monoisotopic (exact) mass is 540 g/mol. The van der Waals surface area contributed by atoms with Crippen LogP contribution in [0.2, 0.25) is 5.02 Å². The SMILES string of the molecule is CN(C)CCCNC(=O)CCNC(=O)c1cc(NC(=O)c2nsc(NCCCN(C)C)c2Cl)cn1C. The van der Waals surface area contributed by atoms with Crippen molar-refractivity contribution in [3.8, 4) is 0 Å². The Kier molecular flexibility index (Phi) is 12.1. The van der Waals surface area contributed by atoms with Gasteiger partial charge in [-0.1, -0.05) is 11.6 Å². The molecule has 36 heavy (non-hydrogen) atoms. The number of nitrogens with one attached hydrogen (secondary N) is 4. The van der Waals surface area contributed by atoms with Gasteiger partial charge in [-0.25, -0.2) is 0 Å². The molecule has 0 atom stereocenters. The van der Waals surface area contributed by atoms with Gasteiger partial charge in [-0.15, -0.1) is 0 Å². The van der Waals surface area contributed by atoms with Gasteiger partial charge in [0, 0.05) is 39.3 Å². The maximum absolute atomic E-state index is 12.7. The number of amides is 3. The lowest BCUT2D eigenvalue weighted by atomic mass is 10.3. The molecule has 4 N–H and O–H groups in total. The summed E-state index contributed by atoms with van der Waals surface area (Å²) in [4.78, 5) is 41.3. The molecule has 0 aliphatic carbocycles. The van der Waals surface area contributed by atoms with Crippen LogP contribution in [0.1, 0.15) is 40.2 Å². The number of carbonyl (C=O) groups is 3. The molecule has 0 bridgehead atoms. The maximum atomic E-state index is 12.7. The second kappa shape index (κ2) is 14.8. The lowest BCUT2D eigenvalue weighted by Gasteiger charge is -2.10. The first-order valence-corrected chi connectivity index (χ1v) is 12.9. The van der Waals surface area contributed by atoms with Crippen LogP contribution in [-0.4, -0.2) is 97.4 Å². The first-order valence-electron chi connectivity index (χ1n) is 11.8. The van der Waals surface area contributed by atoms with Crippen LogP contribution < -0.4 is 21.3 Å². The molecule has 13 heteroatoms. The molecule has 0 aliphatic rings. The number of nitrogens with zero attached hydrogens (tertiary/aromatic N) is 4. The minimum Gasteiger partial charge on any atom is -0.374 e. The number of aromatic nitrogens is 2. The maximum Gasteiger partial charge on any atom is 0.277 e. The van der Waals surface area contributed by atoms with Gasteiger partial charge in [-0.3, -0.25) is 14.4 Å². The van der Waals surface area contributed by atoms with Gasteiger partial charge in [-0.05, 0) is 71.7 Å². The molecule has 11 nitrogen and oxygen atoms in total. The van der Waals surface area contributed by atoms with Crippen LogP contribution in [0.15, 0.2) is 12.3 Å². The zero-order valence-corrected chi connectivity index (χ0v) is 23.2. The Morgan fingerprint density at radius 2 is 1.67 bits per heavy atom. The highest BCUT2D eigenvalue weighted by Gasteiger charge is 2.20. The van der Waals surface area contributed by atoms with E-state index in [0.29, 0.717) is 22.9 Å². The van der Waals surface area contributed by atoms with Crippen LogP contribution in [0.5, 0.6) is 0 Å². The van der Waals surface area contributed by atoms with Gasteiger partial charge in [0.2, 0.25) is 5.91 Å². The number of hydrogen-bond acceptors (Lipinski definition) is 8. The van der Waals surface area contributed by atoms with E-state index >= 15 is 0 Å². The van der Waals surface area contributed by atoms with E-state index in [1.54, 1.807) is 23.9 Å². The van der Waals surface area contributed by atoms with Crippen molar-refractivity contribution in [2.75, 3.05) is 71.5 Å². The van der Waals surface area contributed by atoms with Crippen molar-refractivity contribution in [1.82, 2.24) is 29.4 Å². The van der Waals surface area contributed by atoms with Crippen molar-refractivity contribution >= 4 is 51.5 Å². The summed E-state index contributed by atoms with van der Waals surface area (Å²) in [5, 5.41) is 12.4. The fourth-order valence-corrected chi connectivity index (χ4v) is 4.32. The fourth-order valence-electron chi connectivity index (χ4n) is 3.27. The Hall–Kier alpha value is -2.67. The molecular formula is C23H37ClN8O3S. The van der Waals surface area contributed by atoms with E-state index in [1.165, 1.54) is 0 Å². The van der Waals surface area contributed by atoms with Gasteiger partial charge < -0.3 is 35.6 Å². The molecule has 0 aliphatic heterocycles. The molecule has 3 amide bonds. The average molecular weight is 541 g/mol. The predicted octanol–water partition coefficient (Wildman–Crippen LogP) is 1.94. The van der Waals surface area contributed by atoms with Crippen molar-refractivity contribution in [2.45, 2.75) is 19.3 Å². The predicted molar refractivity (Wildman–Crippen MR) is 145 cm³/mol. The third-order valence-corrected chi connectivity index (χ3v) is 6.44. The molecule has 0 spiro atoms. The highest BCUT2D eigenvalue weighted by Crippen LogP contribution is 2.30. The second-order valence-corrected chi connectivity index (χ2v) is 10.1. The van der Waals surface area contributed by atoms with E-state index in [9.17, 15) is 14.4 Å². The van der Waals surface area contributed by atoms with Gasteiger partial charge in [0.1, 0.15) is 15.7 Å². The first-order chi connectivity index (χ1) is 17.1. The van der Waals surface area contributed by atoms with Crippen LogP contribution in [0.4, 0.5) is 10.7 Å². The molecule has 2 aromatic heterocycles. The van der Waals surface area contributed by atoms with Crippen molar-refractivity contribution in [3.63, 3.8) is 0 Å². The van der Waals surface area contributed by atoms with Crippen LogP contribution >= 0.6 is 23.1 Å². The van der Waals surface area contributed by atoms with Crippen molar-refractivity contribution in [1.29, 1.82) is 0 Å². The van der Waals surface area contributed by atoms with Gasteiger partial charge in [0.25, 0.3) is 11.8 Å². The lowest BCUT2D eigenvalue weighted by Crippen LogP contribution is -2.32. The van der Waals surface area contributed by atoms with E-state index in [0.717, 1.165) is 44.0 Å². The van der Waals surface area contributed by atoms with Crippen LogP contribution in [0.3, 0.4) is 0 Å². The van der Waals surface area contributed by atoms with E-state index in [4.69, 9.17) is 11.6 Å². The molecule has 0 unspecified atom stereocenters. The summed E-state index contributed by atoms with van der Waals surface area (Å²) in [5.74, 6) is -0.906. The van der Waals surface area contributed by atoms with Crippen LogP contribution in [0, 0.1) is 0 Å². The third kappa shape index (κ3) is 9.76. The molecule has 2 rings (SSSR count). The van der Waals surface area contributed by atoms with Crippen molar-refractivity contribution in [2.24, 2.45) is 7.05 Å². The van der Waals surface area contributed by atoms with Gasteiger partial charge >= 0.3 is 0 Å². The molecule has 200 valence electrons. The van der Waals surface area contributed by atoms with E-state index in [1.807, 2.05) is 28.2 Å². The van der Waals surface area contributed by atoms with E-state index in [2.05, 4.69) is 35.4 Å². The van der Waals surface area contributed by atoms with Crippen LogP contribution in [-0.2, 0) is 11.8 Å². The molecule has 0 radical (unpaired) electrons. The minimum atomic E-state index is -0.457. The summed E-state index contributed by atoms with van der Waals surface area (Å²) < 4.78 is 5.78. The standard InChI is InChI=1S/C23H37ClN8O3S/c1-30(2)12-6-9-25-18(33)8-11-26-21(34)17-14-16(15-32(17)5)28-22(35)20-19(24)23(36-29-20)27-10-7-13-31(3)4/h14-15,27H,6-13H2,1-5H3,(H,25,33)(H,26,34)(H,28,35). The van der Waals surface area contributed by atoms with Gasteiger partial charge in [0.15, 0.2) is 5.69 Å². The molecule has 2 aromatic rings. The Labute approximate surface area is 221 Å². The van der Waals surface area contributed by atoms with Crippen molar-refractivity contribution in [3.05, 3.63) is 28.7 Å². The third-order valence-electron chi connectivity index (χ3n) is 5.16. The number of halogens is 1. The highest BCUT2D eigenvalue weighted by atomic mass is 35.5. The second-order valence-electron chi connectivity index (χ2n) is 8.95. The van der Waals surface area contributed by atoms with Gasteiger partial charge in [0.05, 0.1) is 5.69 Å². The zero-order valence-electron chi connectivity index (χ0n) is 21.6. The summed E-state index contributed by atoms with van der Waals surface area (Å²) in [7, 11) is 9.68. The normalized spacial score (nSPS) is 11.1. The number of anilines is 2. The molecule has 0 fully saturated rings. The summed E-state index contributed by atoms with van der Waals surface area (Å²) in [6.45, 7) is 3.36. The smallest absolute Gasteiger partial charge is 0.277 e. The largest absolute Gasteiger partial charge is 0.374 e. The molecule has 0 aromatic carbocycles. The van der Waals surface area contributed by atoms with Crippen LogP contribution in [0.25, 0.3) is 0 Å². The number of carbonyl (C=O) groups excluding carboxylic acids is 3. The summed E-state index contributed by atoms with van der Waals surface area (Å²) in [6, 6.07) is 1.56. The Morgan fingerprint density at radius 1 is 1.00 bits per heavy atom. The number of rotatable bonds is 15. The molecule has 0 saturated carbocycles.